The van der Waals surface area contributed by atoms with Crippen molar-refractivity contribution in [2.75, 3.05) is 20.6 Å². The van der Waals surface area contributed by atoms with Crippen LogP contribution in [0.15, 0.2) is 0 Å². The average Bonchev–Trinajstić information content (AvgIpc) is 2.87. The van der Waals surface area contributed by atoms with Crippen LogP contribution in [0.1, 0.15) is 87.5 Å². The largest absolute Gasteiger partial charge is 0.462 e. The van der Waals surface area contributed by atoms with Crippen LogP contribution in [0.2, 0.25) is 0 Å². The van der Waals surface area contributed by atoms with E-state index in [-0.39, 0.29) is 36.3 Å². The van der Waals surface area contributed by atoms with Crippen molar-refractivity contribution in [2.24, 2.45) is 35.3 Å². The van der Waals surface area contributed by atoms with Gasteiger partial charge >= 0.3 is 5.97 Å². The minimum atomic E-state index is -0.956. The highest BCUT2D eigenvalue weighted by Crippen LogP contribution is 2.33. The second-order valence-corrected chi connectivity index (χ2v) is 12.0. The summed E-state index contributed by atoms with van der Waals surface area (Å²) < 4.78 is 18.6. The van der Waals surface area contributed by atoms with Gasteiger partial charge in [-0.3, -0.25) is 4.79 Å². The molecule has 0 aromatic heterocycles. The van der Waals surface area contributed by atoms with Crippen LogP contribution in [0.3, 0.4) is 0 Å². The highest BCUT2D eigenvalue weighted by molar-refractivity contribution is 5.73. The molecule has 1 rings (SSSR count). The summed E-state index contributed by atoms with van der Waals surface area (Å²) in [5, 5.41) is 21.6. The van der Waals surface area contributed by atoms with E-state index in [1.54, 1.807) is 6.92 Å². The van der Waals surface area contributed by atoms with E-state index in [4.69, 9.17) is 19.9 Å². The minimum Gasteiger partial charge on any atom is -0.462 e. The first kappa shape index (κ1) is 34.3. The maximum absolute atomic E-state index is 13.1. The number of carbonyl (C=O) groups excluding carboxylic acids is 1. The second kappa shape index (κ2) is 16.4. The molecule has 37 heavy (non-hydrogen) atoms. The number of aliphatic hydroxyl groups is 2. The van der Waals surface area contributed by atoms with Crippen molar-refractivity contribution < 1.29 is 29.2 Å². The normalized spacial score (nSPS) is 28.0. The number of rotatable bonds is 16. The number of esters is 1. The van der Waals surface area contributed by atoms with Crippen molar-refractivity contribution in [3.63, 3.8) is 0 Å². The molecule has 0 aromatic carbocycles. The number of aliphatic hydroxyl groups excluding tert-OH is 2. The average molecular weight is 531 g/mol. The van der Waals surface area contributed by atoms with Crippen molar-refractivity contribution >= 4 is 5.97 Å². The summed E-state index contributed by atoms with van der Waals surface area (Å²) >= 11 is 0. The van der Waals surface area contributed by atoms with E-state index in [9.17, 15) is 15.0 Å². The summed E-state index contributed by atoms with van der Waals surface area (Å²) in [6, 6.07) is 0.355. The van der Waals surface area contributed by atoms with Crippen LogP contribution < -0.4 is 5.73 Å². The van der Waals surface area contributed by atoms with Crippen molar-refractivity contribution in [1.29, 1.82) is 0 Å². The first-order valence-electron chi connectivity index (χ1n) is 14.5. The molecule has 0 aromatic rings. The van der Waals surface area contributed by atoms with Gasteiger partial charge < -0.3 is 35.1 Å². The van der Waals surface area contributed by atoms with Crippen molar-refractivity contribution in [3.05, 3.63) is 0 Å². The Kier molecular flexibility index (Phi) is 15.1. The Morgan fingerprint density at radius 3 is 2.19 bits per heavy atom. The lowest BCUT2D eigenvalue weighted by Gasteiger charge is -2.42. The Morgan fingerprint density at radius 2 is 1.68 bits per heavy atom. The van der Waals surface area contributed by atoms with Crippen LogP contribution in [0, 0.1) is 29.6 Å². The summed E-state index contributed by atoms with van der Waals surface area (Å²) in [4.78, 5) is 15.3. The zero-order chi connectivity index (χ0) is 28.4. The number of carbonyl (C=O) groups is 1. The Labute approximate surface area is 226 Å². The fourth-order valence-electron chi connectivity index (χ4n) is 5.63. The van der Waals surface area contributed by atoms with Crippen LogP contribution in [-0.2, 0) is 19.0 Å². The van der Waals surface area contributed by atoms with Crippen LogP contribution in [0.4, 0.5) is 0 Å². The Bertz CT molecular complexity index is 650. The quantitative estimate of drug-likeness (QED) is 0.258. The summed E-state index contributed by atoms with van der Waals surface area (Å²) in [7, 11) is 4.15. The first-order valence-corrected chi connectivity index (χ1v) is 14.5. The van der Waals surface area contributed by atoms with Gasteiger partial charge in [0.1, 0.15) is 6.10 Å². The third kappa shape index (κ3) is 10.4. The monoisotopic (exact) mass is 530 g/mol. The fourth-order valence-corrected chi connectivity index (χ4v) is 5.63. The third-order valence-corrected chi connectivity index (χ3v) is 8.45. The molecule has 8 nitrogen and oxygen atoms in total. The van der Waals surface area contributed by atoms with Gasteiger partial charge in [-0.05, 0) is 72.0 Å². The molecule has 0 bridgehead atoms. The maximum atomic E-state index is 13.1. The molecule has 0 amide bonds. The number of nitrogens with zero attached hydrogens (tertiary/aromatic N) is 1. The Hall–Kier alpha value is -0.770. The number of hydrogen-bond donors (Lipinski definition) is 3. The van der Waals surface area contributed by atoms with Crippen molar-refractivity contribution in [3.8, 4) is 0 Å². The molecule has 8 heteroatoms. The maximum Gasteiger partial charge on any atom is 0.311 e. The van der Waals surface area contributed by atoms with Gasteiger partial charge in [-0.2, -0.15) is 0 Å². The third-order valence-electron chi connectivity index (χ3n) is 8.45. The van der Waals surface area contributed by atoms with Crippen molar-refractivity contribution in [1.82, 2.24) is 4.90 Å². The van der Waals surface area contributed by atoms with Gasteiger partial charge in [0.05, 0.1) is 30.3 Å². The first-order chi connectivity index (χ1) is 17.3. The Balaban J connectivity index is 3.04. The lowest BCUT2D eigenvalue weighted by Crippen LogP contribution is -2.48. The molecular formula is C29H58N2O6. The summed E-state index contributed by atoms with van der Waals surface area (Å²) in [5.74, 6) is -1.28. The van der Waals surface area contributed by atoms with E-state index in [2.05, 4.69) is 39.8 Å². The van der Waals surface area contributed by atoms with Gasteiger partial charge in [-0.15, -0.1) is 0 Å². The number of ether oxygens (including phenoxy) is 3. The standard InChI is InChI=1S/C29H58N2O6/c1-11-24(32)20(6)25(12-2)36-29(34)22(8)27(33)21(7)28(18(4)13-17(3)16-30)37-26-15-23(31(9)10)14-19(5)35-26/h17-28,32-33H,11-16,30H2,1-10H3/t17?,18?,19-,20?,21-,22?,23+,24-,25?,26+,27?,28?/m1/s1. The second-order valence-electron chi connectivity index (χ2n) is 12.0. The molecular weight excluding hydrogens is 472 g/mol. The van der Waals surface area contributed by atoms with Crippen LogP contribution in [0.25, 0.3) is 0 Å². The molecule has 1 aliphatic rings. The predicted molar refractivity (Wildman–Crippen MR) is 148 cm³/mol. The lowest BCUT2D eigenvalue weighted by molar-refractivity contribution is -0.243. The molecule has 1 aliphatic heterocycles. The van der Waals surface area contributed by atoms with E-state index < -0.39 is 30.2 Å². The van der Waals surface area contributed by atoms with Crippen LogP contribution in [0.5, 0.6) is 0 Å². The summed E-state index contributed by atoms with van der Waals surface area (Å²) in [6.07, 6.45) is 1.23. The minimum absolute atomic E-state index is 0.0747. The highest BCUT2D eigenvalue weighted by atomic mass is 16.7. The predicted octanol–water partition coefficient (Wildman–Crippen LogP) is 3.81. The number of hydrogen-bond acceptors (Lipinski definition) is 8. The van der Waals surface area contributed by atoms with Crippen LogP contribution >= 0.6 is 0 Å². The molecule has 12 atom stereocenters. The smallest absolute Gasteiger partial charge is 0.311 e. The van der Waals surface area contributed by atoms with E-state index in [1.165, 1.54) is 0 Å². The van der Waals surface area contributed by atoms with Crippen LogP contribution in [-0.4, -0.2) is 84.6 Å². The van der Waals surface area contributed by atoms with Crippen molar-refractivity contribution in [2.45, 2.75) is 130 Å². The molecule has 0 aliphatic carbocycles. The van der Waals surface area contributed by atoms with Gasteiger partial charge in [0.2, 0.25) is 0 Å². The molecule has 1 saturated heterocycles. The zero-order valence-electron chi connectivity index (χ0n) is 25.2. The van der Waals surface area contributed by atoms with Gasteiger partial charge in [0, 0.05) is 24.3 Å². The molecule has 220 valence electrons. The zero-order valence-corrected chi connectivity index (χ0v) is 25.2. The van der Waals surface area contributed by atoms with E-state index in [0.717, 1.165) is 19.3 Å². The van der Waals surface area contributed by atoms with E-state index in [0.29, 0.717) is 31.3 Å². The highest BCUT2D eigenvalue weighted by Gasteiger charge is 2.40. The van der Waals surface area contributed by atoms with Gasteiger partial charge in [0.25, 0.3) is 0 Å². The molecule has 0 radical (unpaired) electrons. The number of nitrogens with two attached hydrogens (primary N) is 1. The SMILES string of the molecule is CCC(OC(=O)C(C)C(O)[C@@H](C)C(O[C@H]1C[C@@H](N(C)C)C[C@@H](C)O1)C(C)CC(C)CN)C(C)[C@H](O)CC. The van der Waals surface area contributed by atoms with E-state index in [1.807, 2.05) is 27.7 Å². The summed E-state index contributed by atoms with van der Waals surface area (Å²) in [5.41, 5.74) is 5.91. The van der Waals surface area contributed by atoms with Gasteiger partial charge in [-0.1, -0.05) is 41.5 Å². The van der Waals surface area contributed by atoms with Gasteiger partial charge in [-0.25, -0.2) is 0 Å². The Morgan fingerprint density at radius 1 is 1.05 bits per heavy atom. The lowest BCUT2D eigenvalue weighted by atomic mass is 9.81. The fraction of sp³-hybridized carbons (Fsp3) is 0.966. The molecule has 7 unspecified atom stereocenters. The molecule has 1 fully saturated rings. The molecule has 4 N–H and O–H groups in total. The van der Waals surface area contributed by atoms with E-state index >= 15 is 0 Å². The van der Waals surface area contributed by atoms with Gasteiger partial charge in [0.15, 0.2) is 6.29 Å². The topological polar surface area (TPSA) is 114 Å². The molecule has 1 heterocycles. The molecule has 0 saturated carbocycles. The summed E-state index contributed by atoms with van der Waals surface area (Å²) in [6.45, 7) is 16.3. The molecule has 0 spiro atoms.